The van der Waals surface area contributed by atoms with Crippen molar-refractivity contribution in [3.8, 4) is 0 Å². The number of urea groups is 1. The summed E-state index contributed by atoms with van der Waals surface area (Å²) >= 11 is 0. The molecule has 0 radical (unpaired) electrons. The van der Waals surface area contributed by atoms with E-state index >= 15 is 0 Å². The molecule has 10 heteroatoms. The van der Waals surface area contributed by atoms with Crippen molar-refractivity contribution in [1.29, 1.82) is 0 Å². The van der Waals surface area contributed by atoms with Crippen LogP contribution in [-0.2, 0) is 14.8 Å². The average Bonchev–Trinajstić information content (AvgIpc) is 2.64. The van der Waals surface area contributed by atoms with Crippen LogP contribution in [0.15, 0.2) is 29.2 Å². The molecule has 1 aromatic carbocycles. The average molecular weight is 400 g/mol. The molecule has 3 amide bonds. The number of nitrogens with zero attached hydrogens (tertiary/aromatic N) is 1. The van der Waals surface area contributed by atoms with Gasteiger partial charge in [0.1, 0.15) is 5.82 Å². The van der Waals surface area contributed by atoms with Gasteiger partial charge in [0.2, 0.25) is 15.9 Å². The van der Waals surface area contributed by atoms with Crippen molar-refractivity contribution in [1.82, 2.24) is 14.9 Å². The zero-order chi connectivity index (χ0) is 19.9. The Morgan fingerprint density at radius 1 is 1.15 bits per heavy atom. The first-order chi connectivity index (χ1) is 12.8. The van der Waals surface area contributed by atoms with E-state index in [1.54, 1.807) is 0 Å². The molecule has 1 atom stereocenters. The Hall–Kier alpha value is -2.20. The second-order valence-corrected chi connectivity index (χ2v) is 8.38. The van der Waals surface area contributed by atoms with Gasteiger partial charge in [-0.1, -0.05) is 0 Å². The highest BCUT2D eigenvalue weighted by Gasteiger charge is 2.33. The molecule has 0 spiro atoms. The van der Waals surface area contributed by atoms with Crippen LogP contribution in [0.5, 0.6) is 0 Å². The fraction of sp³-hybridized carbons (Fsp3) is 0.529. The van der Waals surface area contributed by atoms with Gasteiger partial charge < -0.3 is 16.4 Å². The molecule has 2 rings (SSSR count). The minimum absolute atomic E-state index is 0.0203. The van der Waals surface area contributed by atoms with Gasteiger partial charge in [-0.05, 0) is 49.9 Å². The summed E-state index contributed by atoms with van der Waals surface area (Å²) in [6.45, 7) is 1.33. The molecule has 1 heterocycles. The Bertz CT molecular complexity index is 755. The van der Waals surface area contributed by atoms with Crippen LogP contribution in [0.25, 0.3) is 0 Å². The molecule has 8 nitrogen and oxygen atoms in total. The number of amides is 3. The van der Waals surface area contributed by atoms with Crippen molar-refractivity contribution >= 4 is 22.0 Å². The predicted octanol–water partition coefficient (Wildman–Crippen LogP) is 0.791. The third kappa shape index (κ3) is 6.17. The lowest BCUT2D eigenvalue weighted by molar-refractivity contribution is -0.126. The number of carbonyl (C=O) groups is 2. The summed E-state index contributed by atoms with van der Waals surface area (Å²) in [5, 5.41) is 5.27. The molecule has 0 unspecified atom stereocenters. The number of nitrogens with one attached hydrogen (secondary N) is 2. The maximum atomic E-state index is 13.0. The lowest BCUT2D eigenvalue weighted by atomic mass is 9.99. The largest absolute Gasteiger partial charge is 0.356 e. The van der Waals surface area contributed by atoms with E-state index in [1.165, 1.54) is 16.4 Å². The number of benzene rings is 1. The third-order valence-corrected chi connectivity index (χ3v) is 6.29. The third-order valence-electron chi connectivity index (χ3n) is 4.41. The summed E-state index contributed by atoms with van der Waals surface area (Å²) in [6.07, 6.45) is 2.56. The summed E-state index contributed by atoms with van der Waals surface area (Å²) < 4.78 is 39.7. The minimum Gasteiger partial charge on any atom is -0.356 e. The lowest BCUT2D eigenvalue weighted by Gasteiger charge is -2.31. The number of hydrogen-bond donors (Lipinski definition) is 3. The molecule has 1 aliphatic heterocycles. The highest BCUT2D eigenvalue weighted by Crippen LogP contribution is 2.24. The van der Waals surface area contributed by atoms with E-state index in [4.69, 9.17) is 5.73 Å². The number of piperidine rings is 1. The quantitative estimate of drug-likeness (QED) is 0.559. The van der Waals surface area contributed by atoms with E-state index in [0.29, 0.717) is 45.3 Å². The van der Waals surface area contributed by atoms with Gasteiger partial charge in [0.15, 0.2) is 0 Å². The summed E-state index contributed by atoms with van der Waals surface area (Å²) in [4.78, 5) is 22.9. The van der Waals surface area contributed by atoms with E-state index in [9.17, 15) is 22.4 Å². The molecule has 1 aromatic rings. The molecule has 1 aliphatic rings. The summed E-state index contributed by atoms with van der Waals surface area (Å²) in [6, 6.07) is 4.09. The summed E-state index contributed by atoms with van der Waals surface area (Å²) in [7, 11) is -3.75. The molecule has 27 heavy (non-hydrogen) atoms. The van der Waals surface area contributed by atoms with Crippen molar-refractivity contribution in [2.45, 2.75) is 30.6 Å². The molecule has 150 valence electrons. The summed E-state index contributed by atoms with van der Waals surface area (Å²) in [5.41, 5.74) is 4.96. The minimum atomic E-state index is -3.75. The first-order valence-corrected chi connectivity index (χ1v) is 10.3. The first kappa shape index (κ1) is 21.1. The molecular formula is C17H25FN4O4S. The Morgan fingerprint density at radius 2 is 1.78 bits per heavy atom. The van der Waals surface area contributed by atoms with Gasteiger partial charge in [-0.25, -0.2) is 17.6 Å². The lowest BCUT2D eigenvalue weighted by Crippen LogP contribution is -2.45. The highest BCUT2D eigenvalue weighted by atomic mass is 32.2. The Morgan fingerprint density at radius 3 is 2.41 bits per heavy atom. The molecule has 0 aromatic heterocycles. The molecule has 0 saturated carbocycles. The van der Waals surface area contributed by atoms with E-state index in [-0.39, 0.29) is 17.3 Å². The zero-order valence-corrected chi connectivity index (χ0v) is 15.8. The number of sulfonamides is 1. The topological polar surface area (TPSA) is 122 Å². The number of primary amides is 1. The Kier molecular flexibility index (Phi) is 7.55. The van der Waals surface area contributed by atoms with E-state index < -0.39 is 27.8 Å². The van der Waals surface area contributed by atoms with E-state index in [1.807, 2.05) is 0 Å². The number of rotatable bonds is 8. The fourth-order valence-corrected chi connectivity index (χ4v) is 4.47. The van der Waals surface area contributed by atoms with Crippen LogP contribution in [0.1, 0.15) is 25.7 Å². The molecule has 0 aliphatic carbocycles. The Labute approximate surface area is 158 Å². The van der Waals surface area contributed by atoms with E-state index in [2.05, 4.69) is 10.6 Å². The standard InChI is InChI=1S/C17H25FN4O4S/c18-14-5-7-15(8-6-14)27(25,26)22-11-3-4-13(12-22)16(23)20-9-1-2-10-21-17(19)24/h5-8,13H,1-4,9-12H2,(H,20,23)(H3,19,21,24)/t13-/m0/s1. The first-order valence-electron chi connectivity index (χ1n) is 8.87. The predicted molar refractivity (Wildman–Crippen MR) is 97.7 cm³/mol. The van der Waals surface area contributed by atoms with Crippen LogP contribution < -0.4 is 16.4 Å². The van der Waals surface area contributed by atoms with Crippen molar-refractivity contribution in [3.05, 3.63) is 30.1 Å². The smallest absolute Gasteiger partial charge is 0.312 e. The maximum Gasteiger partial charge on any atom is 0.312 e. The fourth-order valence-electron chi connectivity index (χ4n) is 2.95. The SMILES string of the molecule is NC(=O)NCCCCNC(=O)[C@H]1CCCN(S(=O)(=O)c2ccc(F)cc2)C1. The second kappa shape index (κ2) is 9.65. The monoisotopic (exact) mass is 400 g/mol. The van der Waals surface area contributed by atoms with Gasteiger partial charge in [-0.3, -0.25) is 4.79 Å². The van der Waals surface area contributed by atoms with Crippen LogP contribution in [-0.4, -0.2) is 50.8 Å². The summed E-state index contributed by atoms with van der Waals surface area (Å²) in [5.74, 6) is -1.11. The van der Waals surface area contributed by atoms with Crippen LogP contribution >= 0.6 is 0 Å². The van der Waals surface area contributed by atoms with Crippen LogP contribution in [0, 0.1) is 11.7 Å². The van der Waals surface area contributed by atoms with Gasteiger partial charge in [-0.15, -0.1) is 0 Å². The molecule has 4 N–H and O–H groups in total. The van der Waals surface area contributed by atoms with Gasteiger partial charge >= 0.3 is 6.03 Å². The van der Waals surface area contributed by atoms with E-state index in [0.717, 1.165) is 12.1 Å². The van der Waals surface area contributed by atoms with Crippen molar-refractivity contribution in [2.75, 3.05) is 26.2 Å². The Balaban J connectivity index is 1.85. The zero-order valence-electron chi connectivity index (χ0n) is 15.0. The van der Waals surface area contributed by atoms with Gasteiger partial charge in [-0.2, -0.15) is 4.31 Å². The normalized spacial score (nSPS) is 18.0. The number of nitrogens with two attached hydrogens (primary N) is 1. The number of carbonyl (C=O) groups excluding carboxylic acids is 2. The van der Waals surface area contributed by atoms with Gasteiger partial charge in [0, 0.05) is 26.2 Å². The number of hydrogen-bond acceptors (Lipinski definition) is 4. The number of unbranched alkanes of at least 4 members (excludes halogenated alkanes) is 1. The van der Waals surface area contributed by atoms with Crippen LogP contribution in [0.4, 0.5) is 9.18 Å². The van der Waals surface area contributed by atoms with Gasteiger partial charge in [0.25, 0.3) is 0 Å². The molecular weight excluding hydrogens is 375 g/mol. The van der Waals surface area contributed by atoms with Crippen molar-refractivity contribution in [2.24, 2.45) is 11.7 Å². The molecule has 1 saturated heterocycles. The highest BCUT2D eigenvalue weighted by molar-refractivity contribution is 7.89. The van der Waals surface area contributed by atoms with Crippen molar-refractivity contribution < 1.29 is 22.4 Å². The van der Waals surface area contributed by atoms with Crippen molar-refractivity contribution in [3.63, 3.8) is 0 Å². The number of halogens is 1. The maximum absolute atomic E-state index is 13.0. The molecule has 0 bridgehead atoms. The van der Waals surface area contributed by atoms with Crippen LogP contribution in [0.2, 0.25) is 0 Å². The van der Waals surface area contributed by atoms with Crippen LogP contribution in [0.3, 0.4) is 0 Å². The van der Waals surface area contributed by atoms with Gasteiger partial charge in [0.05, 0.1) is 10.8 Å². The molecule has 1 fully saturated rings. The second-order valence-electron chi connectivity index (χ2n) is 6.45.